The Labute approximate surface area is 119 Å². The topological polar surface area (TPSA) is 91.8 Å². The summed E-state index contributed by atoms with van der Waals surface area (Å²) in [5.41, 5.74) is 0.566. The van der Waals surface area contributed by atoms with Crippen LogP contribution in [0.2, 0.25) is 0 Å². The van der Waals surface area contributed by atoms with Gasteiger partial charge in [-0.15, -0.1) is 0 Å². The van der Waals surface area contributed by atoms with Gasteiger partial charge in [-0.3, -0.25) is 0 Å². The van der Waals surface area contributed by atoms with Crippen LogP contribution < -0.4 is 4.72 Å². The zero-order valence-electron chi connectivity index (χ0n) is 11.7. The number of likely N-dealkylation sites (N-methyl/N-ethyl adjacent to an activating group) is 1. The molecule has 0 unspecified atom stereocenters. The second kappa shape index (κ2) is 8.28. The lowest BCUT2D eigenvalue weighted by Crippen LogP contribution is -2.29. The molecule has 0 aliphatic rings. The van der Waals surface area contributed by atoms with Gasteiger partial charge in [0.2, 0.25) is 0 Å². The molecular weight excluding hydrogens is 282 g/mol. The van der Waals surface area contributed by atoms with E-state index in [0.717, 1.165) is 6.54 Å². The molecule has 0 bridgehead atoms. The summed E-state index contributed by atoms with van der Waals surface area (Å²) in [6, 6.07) is 2.88. The van der Waals surface area contributed by atoms with Crippen LogP contribution in [-0.2, 0) is 21.4 Å². The average Bonchev–Trinajstić information content (AvgIpc) is 2.42. The lowest BCUT2D eigenvalue weighted by Gasteiger charge is -2.10. The van der Waals surface area contributed by atoms with Crippen LogP contribution in [0.25, 0.3) is 0 Å². The summed E-state index contributed by atoms with van der Waals surface area (Å²) in [6.45, 7) is 1.68. The summed E-state index contributed by atoms with van der Waals surface area (Å²) in [7, 11) is 0.255. The number of nitrogens with one attached hydrogen (secondary N) is 1. The van der Waals surface area contributed by atoms with E-state index in [2.05, 4.69) is 9.71 Å². The Balaban J connectivity index is 2.37. The Bertz CT molecular complexity index is 488. The Kier molecular flexibility index (Phi) is 7.03. The zero-order valence-corrected chi connectivity index (χ0v) is 12.6. The number of nitrogens with zero attached hydrogens (tertiary/aromatic N) is 2. The largest absolute Gasteiger partial charge is 0.392 e. The number of hydrogen-bond donors (Lipinski definition) is 2. The van der Waals surface area contributed by atoms with Crippen LogP contribution in [0.4, 0.5) is 0 Å². The van der Waals surface area contributed by atoms with Crippen molar-refractivity contribution >= 4 is 10.0 Å². The Morgan fingerprint density at radius 3 is 2.65 bits per heavy atom. The van der Waals surface area contributed by atoms with E-state index in [4.69, 9.17) is 9.84 Å². The van der Waals surface area contributed by atoms with Gasteiger partial charge in [-0.05, 0) is 25.7 Å². The average molecular weight is 303 g/mol. The van der Waals surface area contributed by atoms with Gasteiger partial charge in [-0.1, -0.05) is 6.07 Å². The van der Waals surface area contributed by atoms with Gasteiger partial charge in [0, 0.05) is 19.3 Å². The first-order chi connectivity index (χ1) is 9.45. The molecule has 0 fully saturated rings. The first-order valence-electron chi connectivity index (χ1n) is 6.23. The van der Waals surface area contributed by atoms with Crippen LogP contribution in [0, 0.1) is 0 Å². The second-order valence-corrected chi connectivity index (χ2v) is 6.19. The molecule has 1 rings (SSSR count). The predicted molar refractivity (Wildman–Crippen MR) is 74.7 cm³/mol. The first kappa shape index (κ1) is 17.0. The van der Waals surface area contributed by atoms with Crippen molar-refractivity contribution in [3.63, 3.8) is 0 Å². The highest BCUT2D eigenvalue weighted by Gasteiger charge is 2.14. The summed E-state index contributed by atoms with van der Waals surface area (Å²) in [4.78, 5) is 5.78. The number of ether oxygens (including phenoxy) is 1. The maximum absolute atomic E-state index is 11.9. The van der Waals surface area contributed by atoms with Crippen LogP contribution in [0.3, 0.4) is 0 Å². The summed E-state index contributed by atoms with van der Waals surface area (Å²) in [5.74, 6) is 0. The molecule has 0 spiro atoms. The molecular formula is C12H21N3O4S. The Morgan fingerprint density at radius 2 is 2.10 bits per heavy atom. The molecule has 0 atom stereocenters. The van der Waals surface area contributed by atoms with Crippen LogP contribution in [0.5, 0.6) is 0 Å². The van der Waals surface area contributed by atoms with Crippen LogP contribution in [0.15, 0.2) is 23.4 Å². The van der Waals surface area contributed by atoms with E-state index < -0.39 is 10.0 Å². The Morgan fingerprint density at radius 1 is 1.35 bits per heavy atom. The van der Waals surface area contributed by atoms with E-state index in [-0.39, 0.29) is 18.2 Å². The molecule has 1 aromatic heterocycles. The van der Waals surface area contributed by atoms with E-state index in [9.17, 15) is 8.42 Å². The third-order valence-electron chi connectivity index (χ3n) is 2.48. The first-order valence-corrected chi connectivity index (χ1v) is 7.72. The van der Waals surface area contributed by atoms with Crippen molar-refractivity contribution in [2.45, 2.75) is 11.6 Å². The number of aliphatic hydroxyl groups is 1. The van der Waals surface area contributed by atoms with Crippen molar-refractivity contribution in [3.8, 4) is 0 Å². The summed E-state index contributed by atoms with van der Waals surface area (Å²) in [5, 5.41) is 8.80. The molecule has 0 amide bonds. The third kappa shape index (κ3) is 5.93. The number of aromatic nitrogens is 1. The quantitative estimate of drug-likeness (QED) is 0.594. The monoisotopic (exact) mass is 303 g/mol. The smallest absolute Gasteiger partial charge is 0.258 e. The second-order valence-electron chi connectivity index (χ2n) is 4.48. The number of pyridine rings is 1. The van der Waals surface area contributed by atoms with Crippen molar-refractivity contribution in [1.82, 2.24) is 14.6 Å². The van der Waals surface area contributed by atoms with Crippen LogP contribution >= 0.6 is 0 Å². The highest BCUT2D eigenvalue weighted by Crippen LogP contribution is 2.06. The molecule has 0 aromatic carbocycles. The molecule has 0 aliphatic heterocycles. The standard InChI is InChI=1S/C12H21N3O4S/c1-15(2)6-8-19-7-5-14-20(17,18)12-4-3-11(10-16)9-13-12/h3-4,9,14,16H,5-8,10H2,1-2H3. The molecule has 114 valence electrons. The van der Waals surface area contributed by atoms with E-state index in [0.29, 0.717) is 18.8 Å². The number of sulfonamides is 1. The van der Waals surface area contributed by atoms with Crippen LogP contribution in [-0.4, -0.2) is 63.8 Å². The minimum Gasteiger partial charge on any atom is -0.392 e. The van der Waals surface area contributed by atoms with Gasteiger partial charge in [0.05, 0.1) is 19.8 Å². The van der Waals surface area contributed by atoms with Gasteiger partial charge in [0.1, 0.15) is 0 Å². The van der Waals surface area contributed by atoms with E-state index in [1.54, 1.807) is 0 Å². The van der Waals surface area contributed by atoms with Crippen molar-refractivity contribution in [2.75, 3.05) is 40.4 Å². The minimum absolute atomic E-state index is 0.0667. The molecule has 1 heterocycles. The molecule has 8 heteroatoms. The van der Waals surface area contributed by atoms with Crippen molar-refractivity contribution in [2.24, 2.45) is 0 Å². The Hall–Kier alpha value is -1.06. The van der Waals surface area contributed by atoms with Gasteiger partial charge in [-0.25, -0.2) is 18.1 Å². The maximum atomic E-state index is 11.9. The lowest BCUT2D eigenvalue weighted by atomic mass is 10.3. The fraction of sp³-hybridized carbons (Fsp3) is 0.583. The van der Waals surface area contributed by atoms with Crippen LogP contribution in [0.1, 0.15) is 5.56 Å². The van der Waals surface area contributed by atoms with Gasteiger partial charge < -0.3 is 14.7 Å². The summed E-state index contributed by atoms with van der Waals surface area (Å²) < 4.78 is 31.4. The van der Waals surface area contributed by atoms with Gasteiger partial charge in [0.25, 0.3) is 10.0 Å². The minimum atomic E-state index is -3.62. The molecule has 0 saturated heterocycles. The summed E-state index contributed by atoms with van der Waals surface area (Å²) in [6.07, 6.45) is 1.34. The number of hydrogen-bond acceptors (Lipinski definition) is 6. The molecule has 20 heavy (non-hydrogen) atoms. The maximum Gasteiger partial charge on any atom is 0.258 e. The molecule has 1 aromatic rings. The third-order valence-corrected chi connectivity index (χ3v) is 3.85. The molecule has 0 aliphatic carbocycles. The van der Waals surface area contributed by atoms with Crippen molar-refractivity contribution in [1.29, 1.82) is 0 Å². The fourth-order valence-corrected chi connectivity index (χ4v) is 2.27. The number of rotatable bonds is 9. The number of aliphatic hydroxyl groups excluding tert-OH is 1. The molecule has 2 N–H and O–H groups in total. The zero-order chi connectivity index (χ0) is 15.0. The van der Waals surface area contributed by atoms with E-state index in [1.807, 2.05) is 19.0 Å². The van der Waals surface area contributed by atoms with Crippen molar-refractivity contribution in [3.05, 3.63) is 23.9 Å². The van der Waals surface area contributed by atoms with Gasteiger partial charge in [-0.2, -0.15) is 0 Å². The highest BCUT2D eigenvalue weighted by molar-refractivity contribution is 7.89. The molecule has 0 saturated carbocycles. The molecule has 0 radical (unpaired) electrons. The lowest BCUT2D eigenvalue weighted by molar-refractivity contribution is 0.122. The normalized spacial score (nSPS) is 12.0. The predicted octanol–water partition coefficient (Wildman–Crippen LogP) is -0.570. The van der Waals surface area contributed by atoms with Crippen molar-refractivity contribution < 1.29 is 18.3 Å². The van der Waals surface area contributed by atoms with Gasteiger partial charge >= 0.3 is 0 Å². The highest BCUT2D eigenvalue weighted by atomic mass is 32.2. The fourth-order valence-electron chi connectivity index (χ4n) is 1.33. The SMILES string of the molecule is CN(C)CCOCCNS(=O)(=O)c1ccc(CO)cn1. The van der Waals surface area contributed by atoms with Gasteiger partial charge in [0.15, 0.2) is 5.03 Å². The molecule has 7 nitrogen and oxygen atoms in total. The van der Waals surface area contributed by atoms with E-state index >= 15 is 0 Å². The van der Waals surface area contributed by atoms with E-state index in [1.165, 1.54) is 18.3 Å². The summed E-state index contributed by atoms with van der Waals surface area (Å²) >= 11 is 0.